The molecule has 0 aromatic heterocycles. The number of hydrogen-bond acceptors (Lipinski definition) is 1. The number of benzene rings is 2. The van der Waals surface area contributed by atoms with Crippen molar-refractivity contribution in [3.8, 4) is 0 Å². The van der Waals surface area contributed by atoms with Gasteiger partial charge in [-0.3, -0.25) is 0 Å². The molecular weight excluding hydrogens is 242 g/mol. The van der Waals surface area contributed by atoms with E-state index in [0.29, 0.717) is 0 Å². The molecule has 18 heavy (non-hydrogen) atoms. The van der Waals surface area contributed by atoms with Crippen LogP contribution in [0.4, 0.5) is 5.69 Å². The summed E-state index contributed by atoms with van der Waals surface area (Å²) >= 11 is 6.12. The lowest BCUT2D eigenvalue weighted by molar-refractivity contribution is 1.13. The van der Waals surface area contributed by atoms with Crippen LogP contribution < -0.4 is 5.32 Å². The van der Waals surface area contributed by atoms with Crippen LogP contribution in [0.2, 0.25) is 5.02 Å². The van der Waals surface area contributed by atoms with Crippen molar-refractivity contribution in [2.45, 2.75) is 27.3 Å². The molecule has 1 nitrogen and oxygen atoms in total. The number of anilines is 1. The zero-order valence-electron chi connectivity index (χ0n) is 11.0. The lowest BCUT2D eigenvalue weighted by atomic mass is 10.1. The van der Waals surface area contributed by atoms with E-state index in [1.807, 2.05) is 13.0 Å². The maximum absolute atomic E-state index is 6.12. The largest absolute Gasteiger partial charge is 0.381 e. The lowest BCUT2D eigenvalue weighted by Crippen LogP contribution is -2.01. The first-order valence-corrected chi connectivity index (χ1v) is 6.50. The second-order valence-corrected chi connectivity index (χ2v) is 5.16. The summed E-state index contributed by atoms with van der Waals surface area (Å²) in [6, 6.07) is 12.6. The second kappa shape index (κ2) is 5.45. The molecule has 0 aliphatic rings. The van der Waals surface area contributed by atoms with E-state index in [4.69, 9.17) is 11.6 Å². The molecule has 0 unspecified atom stereocenters. The van der Waals surface area contributed by atoms with Gasteiger partial charge in [-0.25, -0.2) is 0 Å². The van der Waals surface area contributed by atoms with Gasteiger partial charge in [0.15, 0.2) is 0 Å². The molecule has 0 aliphatic carbocycles. The number of hydrogen-bond donors (Lipinski definition) is 1. The monoisotopic (exact) mass is 259 g/mol. The van der Waals surface area contributed by atoms with Gasteiger partial charge in [-0.2, -0.15) is 0 Å². The van der Waals surface area contributed by atoms with Gasteiger partial charge in [0.25, 0.3) is 0 Å². The van der Waals surface area contributed by atoms with Gasteiger partial charge in [-0.1, -0.05) is 35.9 Å². The van der Waals surface area contributed by atoms with Gasteiger partial charge >= 0.3 is 0 Å². The molecule has 0 spiro atoms. The van der Waals surface area contributed by atoms with Crippen LogP contribution in [0.5, 0.6) is 0 Å². The minimum atomic E-state index is 0.796. The molecule has 0 bridgehead atoms. The predicted octanol–water partition coefficient (Wildman–Crippen LogP) is 4.88. The summed E-state index contributed by atoms with van der Waals surface area (Å²) in [4.78, 5) is 0. The Kier molecular flexibility index (Phi) is 3.93. The SMILES string of the molecule is Cc1ccc(C)c(NCc2ccc(C)c(Cl)c2)c1. The van der Waals surface area contributed by atoms with Gasteiger partial charge in [0.2, 0.25) is 0 Å². The lowest BCUT2D eigenvalue weighted by Gasteiger charge is -2.11. The predicted molar refractivity (Wildman–Crippen MR) is 79.4 cm³/mol. The van der Waals surface area contributed by atoms with E-state index in [1.54, 1.807) is 0 Å². The minimum absolute atomic E-state index is 0.796. The second-order valence-electron chi connectivity index (χ2n) is 4.76. The van der Waals surface area contributed by atoms with Crippen molar-refractivity contribution in [1.29, 1.82) is 0 Å². The molecule has 2 rings (SSSR count). The van der Waals surface area contributed by atoms with Crippen molar-refractivity contribution < 1.29 is 0 Å². The maximum atomic E-state index is 6.12. The summed E-state index contributed by atoms with van der Waals surface area (Å²) in [5.74, 6) is 0. The molecule has 0 heterocycles. The van der Waals surface area contributed by atoms with Crippen LogP contribution in [0, 0.1) is 20.8 Å². The standard InChI is InChI=1S/C16H18ClN/c1-11-4-5-13(3)16(8-11)18-10-14-7-6-12(2)15(17)9-14/h4-9,18H,10H2,1-3H3. The number of nitrogens with one attached hydrogen (secondary N) is 1. The highest BCUT2D eigenvalue weighted by molar-refractivity contribution is 6.31. The molecule has 2 aromatic rings. The summed E-state index contributed by atoms with van der Waals surface area (Å²) in [6.45, 7) is 7.03. The molecule has 0 fully saturated rings. The van der Waals surface area contributed by atoms with E-state index >= 15 is 0 Å². The quantitative estimate of drug-likeness (QED) is 0.829. The number of halogens is 1. The van der Waals surface area contributed by atoms with E-state index in [-0.39, 0.29) is 0 Å². The summed E-state index contributed by atoms with van der Waals surface area (Å²) < 4.78 is 0. The van der Waals surface area contributed by atoms with E-state index in [9.17, 15) is 0 Å². The fraction of sp³-hybridized carbons (Fsp3) is 0.250. The first-order chi connectivity index (χ1) is 8.56. The Morgan fingerprint density at radius 3 is 2.39 bits per heavy atom. The van der Waals surface area contributed by atoms with E-state index in [1.165, 1.54) is 22.4 Å². The highest BCUT2D eigenvalue weighted by atomic mass is 35.5. The summed E-state index contributed by atoms with van der Waals surface area (Å²) in [5, 5.41) is 4.29. The summed E-state index contributed by atoms with van der Waals surface area (Å²) in [7, 11) is 0. The molecule has 1 N–H and O–H groups in total. The Bertz CT molecular complexity index is 561. The van der Waals surface area contributed by atoms with Gasteiger partial charge < -0.3 is 5.32 Å². The summed E-state index contributed by atoms with van der Waals surface area (Å²) in [5.41, 5.74) is 6.04. The van der Waals surface area contributed by atoms with Crippen LogP contribution in [0.15, 0.2) is 36.4 Å². The van der Waals surface area contributed by atoms with E-state index in [2.05, 4.69) is 49.5 Å². The van der Waals surface area contributed by atoms with Crippen LogP contribution in [0.25, 0.3) is 0 Å². The third kappa shape index (κ3) is 3.05. The van der Waals surface area contributed by atoms with Crippen LogP contribution in [-0.4, -0.2) is 0 Å². The smallest absolute Gasteiger partial charge is 0.0438 e. The van der Waals surface area contributed by atoms with Crippen LogP contribution in [0.3, 0.4) is 0 Å². The fourth-order valence-corrected chi connectivity index (χ4v) is 2.07. The van der Waals surface area contributed by atoms with Crippen molar-refractivity contribution in [3.63, 3.8) is 0 Å². The minimum Gasteiger partial charge on any atom is -0.381 e. The summed E-state index contributed by atoms with van der Waals surface area (Å²) in [6.07, 6.45) is 0. The molecule has 0 amide bonds. The number of aryl methyl sites for hydroxylation is 3. The molecule has 0 saturated carbocycles. The molecule has 0 radical (unpaired) electrons. The molecule has 94 valence electrons. The Hall–Kier alpha value is -1.47. The van der Waals surface area contributed by atoms with Crippen LogP contribution in [0.1, 0.15) is 22.3 Å². The van der Waals surface area contributed by atoms with Gasteiger partial charge in [-0.15, -0.1) is 0 Å². The highest BCUT2D eigenvalue weighted by Gasteiger charge is 2.00. The van der Waals surface area contributed by atoms with Gasteiger partial charge in [0.05, 0.1) is 0 Å². The Morgan fingerprint density at radius 1 is 0.944 bits per heavy atom. The highest BCUT2D eigenvalue weighted by Crippen LogP contribution is 2.20. The molecular formula is C16H18ClN. The fourth-order valence-electron chi connectivity index (χ4n) is 1.87. The van der Waals surface area contributed by atoms with Crippen molar-refractivity contribution in [3.05, 3.63) is 63.7 Å². The molecule has 0 saturated heterocycles. The van der Waals surface area contributed by atoms with Crippen molar-refractivity contribution >= 4 is 17.3 Å². The average Bonchev–Trinajstić information content (AvgIpc) is 2.34. The topological polar surface area (TPSA) is 12.0 Å². The van der Waals surface area contributed by atoms with Crippen molar-refractivity contribution in [1.82, 2.24) is 0 Å². The first-order valence-electron chi connectivity index (χ1n) is 6.12. The van der Waals surface area contributed by atoms with Gasteiger partial charge in [-0.05, 0) is 55.2 Å². The molecule has 2 aromatic carbocycles. The Morgan fingerprint density at radius 2 is 1.67 bits per heavy atom. The van der Waals surface area contributed by atoms with Gasteiger partial charge in [0.1, 0.15) is 0 Å². The Labute approximate surface area is 114 Å². The normalized spacial score (nSPS) is 10.4. The van der Waals surface area contributed by atoms with Gasteiger partial charge in [0, 0.05) is 17.3 Å². The molecule has 0 aliphatic heterocycles. The third-order valence-electron chi connectivity index (χ3n) is 3.11. The molecule has 2 heteroatoms. The van der Waals surface area contributed by atoms with Crippen molar-refractivity contribution in [2.75, 3.05) is 5.32 Å². The third-order valence-corrected chi connectivity index (χ3v) is 3.52. The first kappa shape index (κ1) is 13.0. The molecule has 0 atom stereocenters. The average molecular weight is 260 g/mol. The van der Waals surface area contributed by atoms with E-state index < -0.39 is 0 Å². The zero-order chi connectivity index (χ0) is 13.1. The van der Waals surface area contributed by atoms with Crippen LogP contribution >= 0.6 is 11.6 Å². The van der Waals surface area contributed by atoms with Crippen LogP contribution in [-0.2, 0) is 6.54 Å². The zero-order valence-corrected chi connectivity index (χ0v) is 11.8. The van der Waals surface area contributed by atoms with E-state index in [0.717, 1.165) is 17.1 Å². The Balaban J connectivity index is 2.11. The van der Waals surface area contributed by atoms with Crippen molar-refractivity contribution in [2.24, 2.45) is 0 Å². The number of rotatable bonds is 3. The maximum Gasteiger partial charge on any atom is 0.0438 e.